The molecule has 0 radical (unpaired) electrons. The van der Waals surface area contributed by atoms with E-state index in [4.69, 9.17) is 9.47 Å². The summed E-state index contributed by atoms with van der Waals surface area (Å²) in [5, 5.41) is 13.4. The van der Waals surface area contributed by atoms with E-state index in [0.29, 0.717) is 6.54 Å². The molecular formula is C23H31N3O3. The van der Waals surface area contributed by atoms with Crippen LogP contribution in [-0.4, -0.2) is 53.7 Å². The second kappa shape index (κ2) is 11.6. The van der Waals surface area contributed by atoms with Crippen LogP contribution in [0.5, 0.6) is 5.75 Å². The third-order valence-corrected chi connectivity index (χ3v) is 4.76. The number of aromatic nitrogens is 2. The average Bonchev–Trinajstić information content (AvgIpc) is 3.16. The van der Waals surface area contributed by atoms with Crippen LogP contribution >= 0.6 is 0 Å². The number of rotatable bonds is 13. The Labute approximate surface area is 172 Å². The maximum atomic E-state index is 10.1. The number of imidazole rings is 1. The first-order valence-corrected chi connectivity index (χ1v) is 10.3. The van der Waals surface area contributed by atoms with Gasteiger partial charge in [0.1, 0.15) is 18.5 Å². The molecule has 156 valence electrons. The fourth-order valence-corrected chi connectivity index (χ4v) is 3.17. The Morgan fingerprint density at radius 3 is 2.79 bits per heavy atom. The molecule has 0 aliphatic rings. The van der Waals surface area contributed by atoms with Gasteiger partial charge in [-0.05, 0) is 56.1 Å². The van der Waals surface area contributed by atoms with Gasteiger partial charge >= 0.3 is 0 Å². The number of nitrogens with zero attached hydrogens (tertiary/aromatic N) is 2. The lowest BCUT2D eigenvalue weighted by Gasteiger charge is -2.14. The van der Waals surface area contributed by atoms with Crippen LogP contribution in [0.25, 0.3) is 11.0 Å². The summed E-state index contributed by atoms with van der Waals surface area (Å²) < 4.78 is 13.2. The summed E-state index contributed by atoms with van der Waals surface area (Å²) in [5.41, 5.74) is 3.40. The number of nitrogens with one attached hydrogen (secondary N) is 1. The normalized spacial score (nSPS) is 12.3. The highest BCUT2D eigenvalue weighted by atomic mass is 16.5. The first-order chi connectivity index (χ1) is 14.3. The quantitative estimate of drug-likeness (QED) is 0.434. The van der Waals surface area contributed by atoms with E-state index in [-0.39, 0.29) is 6.61 Å². The SMILES string of the molecule is CCOCCc1ccc(OCC(O)CNCCCn2cnc3ccccc32)cc1. The molecule has 6 heteroatoms. The molecule has 0 fully saturated rings. The largest absolute Gasteiger partial charge is 0.491 e. The number of benzene rings is 2. The molecule has 3 rings (SSSR count). The van der Waals surface area contributed by atoms with E-state index in [1.807, 2.05) is 55.7 Å². The van der Waals surface area contributed by atoms with E-state index < -0.39 is 6.10 Å². The minimum Gasteiger partial charge on any atom is -0.491 e. The summed E-state index contributed by atoms with van der Waals surface area (Å²) >= 11 is 0. The monoisotopic (exact) mass is 397 g/mol. The predicted molar refractivity (Wildman–Crippen MR) is 115 cm³/mol. The fourth-order valence-electron chi connectivity index (χ4n) is 3.17. The zero-order valence-corrected chi connectivity index (χ0v) is 17.1. The molecule has 6 nitrogen and oxygen atoms in total. The Balaban J connectivity index is 1.28. The molecule has 1 heterocycles. The molecule has 2 aromatic carbocycles. The van der Waals surface area contributed by atoms with Crippen molar-refractivity contribution in [2.45, 2.75) is 32.4 Å². The van der Waals surface area contributed by atoms with Gasteiger partial charge in [-0.3, -0.25) is 0 Å². The summed E-state index contributed by atoms with van der Waals surface area (Å²) in [7, 11) is 0. The molecule has 29 heavy (non-hydrogen) atoms. The minimum absolute atomic E-state index is 0.275. The zero-order chi connectivity index (χ0) is 20.3. The van der Waals surface area contributed by atoms with Crippen LogP contribution in [0.2, 0.25) is 0 Å². The van der Waals surface area contributed by atoms with E-state index in [1.54, 1.807) is 0 Å². The minimum atomic E-state index is -0.540. The van der Waals surface area contributed by atoms with Gasteiger partial charge in [-0.25, -0.2) is 4.98 Å². The van der Waals surface area contributed by atoms with E-state index in [9.17, 15) is 5.11 Å². The van der Waals surface area contributed by atoms with E-state index in [0.717, 1.165) is 55.9 Å². The summed E-state index contributed by atoms with van der Waals surface area (Å²) in [4.78, 5) is 4.40. The van der Waals surface area contributed by atoms with Crippen molar-refractivity contribution in [1.82, 2.24) is 14.9 Å². The highest BCUT2D eigenvalue weighted by Crippen LogP contribution is 2.13. The number of fused-ring (bicyclic) bond motifs is 1. The Kier molecular flexibility index (Phi) is 8.49. The number of para-hydroxylation sites is 2. The van der Waals surface area contributed by atoms with E-state index in [1.165, 1.54) is 5.56 Å². The number of aliphatic hydroxyl groups is 1. The summed E-state index contributed by atoms with van der Waals surface area (Å²) in [6.07, 6.45) is 3.21. The van der Waals surface area contributed by atoms with Gasteiger partial charge in [0.05, 0.1) is 24.0 Å². The van der Waals surface area contributed by atoms with Crippen molar-refractivity contribution in [3.8, 4) is 5.75 Å². The molecule has 0 aliphatic carbocycles. The van der Waals surface area contributed by atoms with Gasteiger partial charge in [-0.1, -0.05) is 24.3 Å². The van der Waals surface area contributed by atoms with Gasteiger partial charge in [-0.2, -0.15) is 0 Å². The van der Waals surface area contributed by atoms with Gasteiger partial charge < -0.3 is 24.5 Å². The third-order valence-electron chi connectivity index (χ3n) is 4.76. The number of ether oxygens (including phenoxy) is 2. The summed E-state index contributed by atoms with van der Waals surface area (Å²) in [5.74, 6) is 0.774. The van der Waals surface area contributed by atoms with Crippen molar-refractivity contribution in [2.75, 3.05) is 32.9 Å². The lowest BCUT2D eigenvalue weighted by molar-refractivity contribution is 0.106. The smallest absolute Gasteiger partial charge is 0.119 e. The van der Waals surface area contributed by atoms with Gasteiger partial charge in [-0.15, -0.1) is 0 Å². The van der Waals surface area contributed by atoms with Gasteiger partial charge in [0.25, 0.3) is 0 Å². The molecule has 0 saturated carbocycles. The highest BCUT2D eigenvalue weighted by molar-refractivity contribution is 5.74. The second-order valence-corrected chi connectivity index (χ2v) is 7.04. The molecule has 1 atom stereocenters. The number of hydrogen-bond donors (Lipinski definition) is 2. The molecule has 0 saturated heterocycles. The lowest BCUT2D eigenvalue weighted by atomic mass is 10.1. The van der Waals surface area contributed by atoms with Crippen LogP contribution in [0, 0.1) is 0 Å². The molecule has 1 aromatic heterocycles. The van der Waals surface area contributed by atoms with Crippen LogP contribution in [0.15, 0.2) is 54.9 Å². The maximum Gasteiger partial charge on any atom is 0.119 e. The number of aryl methyl sites for hydroxylation is 1. The maximum absolute atomic E-state index is 10.1. The number of hydrogen-bond acceptors (Lipinski definition) is 5. The molecule has 1 unspecified atom stereocenters. The Morgan fingerprint density at radius 1 is 1.14 bits per heavy atom. The van der Waals surface area contributed by atoms with Crippen LogP contribution in [0.4, 0.5) is 0 Å². The van der Waals surface area contributed by atoms with Crippen molar-refractivity contribution in [3.05, 3.63) is 60.4 Å². The van der Waals surface area contributed by atoms with Crippen LogP contribution in [0.3, 0.4) is 0 Å². The molecule has 0 amide bonds. The van der Waals surface area contributed by atoms with E-state index in [2.05, 4.69) is 20.9 Å². The Hall–Kier alpha value is -2.41. The molecule has 2 N–H and O–H groups in total. The van der Waals surface area contributed by atoms with Crippen molar-refractivity contribution in [2.24, 2.45) is 0 Å². The lowest BCUT2D eigenvalue weighted by Crippen LogP contribution is -2.32. The first-order valence-electron chi connectivity index (χ1n) is 10.3. The van der Waals surface area contributed by atoms with Gasteiger partial charge in [0.15, 0.2) is 0 Å². The van der Waals surface area contributed by atoms with Crippen LogP contribution in [0.1, 0.15) is 18.9 Å². The molecule has 0 spiro atoms. The van der Waals surface area contributed by atoms with Crippen molar-refractivity contribution in [3.63, 3.8) is 0 Å². The third kappa shape index (κ3) is 6.85. The average molecular weight is 398 g/mol. The molecule has 0 bridgehead atoms. The van der Waals surface area contributed by atoms with Gasteiger partial charge in [0, 0.05) is 19.7 Å². The van der Waals surface area contributed by atoms with E-state index >= 15 is 0 Å². The number of aliphatic hydroxyl groups excluding tert-OH is 1. The second-order valence-electron chi connectivity index (χ2n) is 7.04. The fraction of sp³-hybridized carbons (Fsp3) is 0.435. The molecular weight excluding hydrogens is 366 g/mol. The molecule has 3 aromatic rings. The van der Waals surface area contributed by atoms with Gasteiger partial charge in [0.2, 0.25) is 0 Å². The zero-order valence-electron chi connectivity index (χ0n) is 17.1. The Morgan fingerprint density at radius 2 is 1.97 bits per heavy atom. The van der Waals surface area contributed by atoms with Crippen molar-refractivity contribution >= 4 is 11.0 Å². The van der Waals surface area contributed by atoms with Crippen molar-refractivity contribution < 1.29 is 14.6 Å². The summed E-state index contributed by atoms with van der Waals surface area (Å²) in [6, 6.07) is 16.1. The predicted octanol–water partition coefficient (Wildman–Crippen LogP) is 3.03. The first kappa shape index (κ1) is 21.3. The Bertz CT molecular complexity index is 848. The van der Waals surface area contributed by atoms with Crippen LogP contribution < -0.4 is 10.1 Å². The molecule has 0 aliphatic heterocycles. The standard InChI is InChI=1S/C23H31N3O3/c1-2-28-15-12-19-8-10-21(11-9-19)29-17-20(27)16-24-13-5-14-26-18-25-22-6-3-4-7-23(22)26/h3-4,6-11,18,20,24,27H,2,5,12-17H2,1H3. The van der Waals surface area contributed by atoms with Crippen LogP contribution in [-0.2, 0) is 17.7 Å². The highest BCUT2D eigenvalue weighted by Gasteiger charge is 2.06. The topological polar surface area (TPSA) is 68.5 Å². The summed E-state index contributed by atoms with van der Waals surface area (Å²) in [6.45, 7) is 5.99. The van der Waals surface area contributed by atoms with Crippen molar-refractivity contribution in [1.29, 1.82) is 0 Å².